The van der Waals surface area contributed by atoms with Gasteiger partial charge in [-0.05, 0) is 32.9 Å². The number of ketones is 1. The highest BCUT2D eigenvalue weighted by atomic mass is 16.6. The lowest BCUT2D eigenvalue weighted by Gasteiger charge is -2.08. The quantitative estimate of drug-likeness (QED) is 0.459. The summed E-state index contributed by atoms with van der Waals surface area (Å²) in [6.45, 7) is 4.96. The van der Waals surface area contributed by atoms with E-state index in [9.17, 15) is 14.4 Å². The number of aromatic amines is 1. The topological polar surface area (TPSA) is 103 Å². The van der Waals surface area contributed by atoms with Gasteiger partial charge in [-0.25, -0.2) is 4.79 Å². The third-order valence-electron chi connectivity index (χ3n) is 3.51. The number of benzene rings is 1. The van der Waals surface area contributed by atoms with Crippen LogP contribution in [0.2, 0.25) is 0 Å². The summed E-state index contributed by atoms with van der Waals surface area (Å²) in [5.74, 6) is 0.246. The second kappa shape index (κ2) is 8.28. The molecule has 0 saturated heterocycles. The van der Waals surface area contributed by atoms with E-state index in [1.165, 1.54) is 13.3 Å². The van der Waals surface area contributed by atoms with Crippen molar-refractivity contribution in [3.63, 3.8) is 0 Å². The van der Waals surface area contributed by atoms with Gasteiger partial charge in [0.2, 0.25) is 0 Å². The molecule has 26 heavy (non-hydrogen) atoms. The third kappa shape index (κ3) is 4.69. The Kier molecular flexibility index (Phi) is 6.11. The van der Waals surface area contributed by atoms with Crippen molar-refractivity contribution in [1.29, 1.82) is 0 Å². The Hall–Kier alpha value is -3.16. The van der Waals surface area contributed by atoms with Gasteiger partial charge >= 0.3 is 5.69 Å². The van der Waals surface area contributed by atoms with Crippen LogP contribution in [0.3, 0.4) is 0 Å². The number of aromatic nitrogens is 2. The number of nitrogens with zero attached hydrogens (tertiary/aromatic N) is 2. The Bertz CT molecular complexity index is 940. The van der Waals surface area contributed by atoms with Crippen LogP contribution in [-0.4, -0.2) is 34.3 Å². The minimum atomic E-state index is -0.674. The molecular weight excluding hydrogens is 338 g/mol. The maximum absolute atomic E-state index is 12.5. The van der Waals surface area contributed by atoms with Crippen molar-refractivity contribution >= 4 is 11.5 Å². The molecule has 0 saturated carbocycles. The number of Topliss-reactive ketones (excluding diaryl/α,β-unsaturated/α-hetero) is 1. The monoisotopic (exact) mass is 359 g/mol. The fourth-order valence-electron chi connectivity index (χ4n) is 2.16. The van der Waals surface area contributed by atoms with Gasteiger partial charge in [-0.3, -0.25) is 19.1 Å². The lowest BCUT2D eigenvalue weighted by Crippen LogP contribution is -2.34. The SMILES string of the molecule is COc1cccc(C(=O)Cn2cc(/C(C)=N/OC(C)C)c(=O)[nH]c2=O)c1. The molecule has 138 valence electrons. The van der Waals surface area contributed by atoms with E-state index in [2.05, 4.69) is 10.1 Å². The molecule has 0 unspecified atom stereocenters. The molecule has 8 heteroatoms. The first-order valence-electron chi connectivity index (χ1n) is 8.03. The van der Waals surface area contributed by atoms with Crippen LogP contribution in [0.25, 0.3) is 0 Å². The van der Waals surface area contributed by atoms with E-state index in [4.69, 9.17) is 9.57 Å². The second-order valence-electron chi connectivity index (χ2n) is 5.92. The van der Waals surface area contributed by atoms with Crippen LogP contribution in [0, 0.1) is 0 Å². The smallest absolute Gasteiger partial charge is 0.328 e. The zero-order valence-corrected chi connectivity index (χ0v) is 15.1. The summed E-state index contributed by atoms with van der Waals surface area (Å²) < 4.78 is 6.23. The number of carbonyl (C=O) groups excluding carboxylic acids is 1. The molecule has 0 amide bonds. The van der Waals surface area contributed by atoms with Crippen LogP contribution in [0.4, 0.5) is 0 Å². The number of H-pyrrole nitrogens is 1. The Morgan fingerprint density at radius 2 is 2.04 bits per heavy atom. The minimum Gasteiger partial charge on any atom is -0.497 e. The highest BCUT2D eigenvalue weighted by molar-refractivity contribution is 5.98. The summed E-state index contributed by atoms with van der Waals surface area (Å²) >= 11 is 0. The van der Waals surface area contributed by atoms with E-state index in [1.54, 1.807) is 45.0 Å². The predicted molar refractivity (Wildman–Crippen MR) is 97.1 cm³/mol. The summed E-state index contributed by atoms with van der Waals surface area (Å²) in [5, 5.41) is 3.87. The molecule has 2 rings (SSSR count). The first-order chi connectivity index (χ1) is 12.3. The van der Waals surface area contributed by atoms with Crippen LogP contribution in [0.5, 0.6) is 5.75 Å². The van der Waals surface area contributed by atoms with Gasteiger partial charge in [0.05, 0.1) is 24.9 Å². The number of methoxy groups -OCH3 is 1. The van der Waals surface area contributed by atoms with Gasteiger partial charge in [0.15, 0.2) is 5.78 Å². The number of carbonyl (C=O) groups is 1. The summed E-state index contributed by atoms with van der Waals surface area (Å²) in [6, 6.07) is 6.62. The molecular formula is C18H21N3O5. The normalized spacial score (nSPS) is 11.5. The van der Waals surface area contributed by atoms with Crippen molar-refractivity contribution in [1.82, 2.24) is 9.55 Å². The molecule has 0 radical (unpaired) electrons. The van der Waals surface area contributed by atoms with E-state index >= 15 is 0 Å². The number of hydrogen-bond acceptors (Lipinski definition) is 6. The molecule has 0 fully saturated rings. The zero-order valence-electron chi connectivity index (χ0n) is 15.1. The molecule has 1 N–H and O–H groups in total. The molecule has 0 bridgehead atoms. The summed E-state index contributed by atoms with van der Waals surface area (Å²) in [6.07, 6.45) is 1.16. The molecule has 0 atom stereocenters. The molecule has 1 heterocycles. The largest absolute Gasteiger partial charge is 0.497 e. The summed E-state index contributed by atoms with van der Waals surface area (Å²) in [7, 11) is 1.50. The minimum absolute atomic E-state index is 0.149. The number of rotatable bonds is 7. The Morgan fingerprint density at radius 3 is 2.69 bits per heavy atom. The van der Waals surface area contributed by atoms with Gasteiger partial charge in [0, 0.05) is 11.8 Å². The van der Waals surface area contributed by atoms with Crippen molar-refractivity contribution in [2.75, 3.05) is 7.11 Å². The second-order valence-corrected chi connectivity index (χ2v) is 5.92. The van der Waals surface area contributed by atoms with Crippen molar-refractivity contribution in [2.45, 2.75) is 33.4 Å². The van der Waals surface area contributed by atoms with Crippen molar-refractivity contribution < 1.29 is 14.4 Å². The number of nitrogens with one attached hydrogen (secondary N) is 1. The van der Waals surface area contributed by atoms with E-state index < -0.39 is 11.2 Å². The fraction of sp³-hybridized carbons (Fsp3) is 0.333. The molecule has 8 nitrogen and oxygen atoms in total. The predicted octanol–water partition coefficient (Wildman–Crippen LogP) is 1.58. The van der Waals surface area contributed by atoms with Crippen molar-refractivity contribution in [2.24, 2.45) is 5.16 Å². The van der Waals surface area contributed by atoms with Crippen LogP contribution in [0.15, 0.2) is 45.2 Å². The highest BCUT2D eigenvalue weighted by Crippen LogP contribution is 2.13. The first kappa shape index (κ1) is 19.2. The molecule has 1 aromatic carbocycles. The van der Waals surface area contributed by atoms with Gasteiger partial charge in [-0.1, -0.05) is 17.3 Å². The lowest BCUT2D eigenvalue weighted by atomic mass is 10.1. The zero-order chi connectivity index (χ0) is 19.3. The van der Waals surface area contributed by atoms with Gasteiger partial charge in [-0.15, -0.1) is 0 Å². The third-order valence-corrected chi connectivity index (χ3v) is 3.51. The Balaban J connectivity index is 2.33. The van der Waals surface area contributed by atoms with E-state index in [1.807, 2.05) is 0 Å². The number of oxime groups is 1. The maximum Gasteiger partial charge on any atom is 0.328 e. The van der Waals surface area contributed by atoms with Crippen molar-refractivity contribution in [3.05, 3.63) is 62.4 Å². The number of hydrogen-bond donors (Lipinski definition) is 1. The standard InChI is InChI=1S/C18H21N3O5/c1-11(2)26-20-12(3)15-9-21(18(24)19-17(15)23)10-16(22)13-6-5-7-14(8-13)25-4/h5-9,11H,10H2,1-4H3,(H,19,23,24)/b20-12+. The van der Waals surface area contributed by atoms with Gasteiger partial charge < -0.3 is 9.57 Å². The van der Waals surface area contributed by atoms with Crippen molar-refractivity contribution in [3.8, 4) is 5.75 Å². The Morgan fingerprint density at radius 1 is 1.31 bits per heavy atom. The van der Waals surface area contributed by atoms with Gasteiger partial charge in [0.25, 0.3) is 5.56 Å². The first-order valence-corrected chi connectivity index (χ1v) is 8.03. The molecule has 0 aliphatic heterocycles. The number of ether oxygens (including phenoxy) is 1. The van der Waals surface area contributed by atoms with Crippen LogP contribution >= 0.6 is 0 Å². The molecule has 0 aliphatic carbocycles. The van der Waals surface area contributed by atoms with Gasteiger partial charge in [-0.2, -0.15) is 0 Å². The molecule has 2 aromatic rings. The Labute approximate surface area is 150 Å². The molecule has 0 aliphatic rings. The molecule has 0 spiro atoms. The fourth-order valence-corrected chi connectivity index (χ4v) is 2.16. The maximum atomic E-state index is 12.5. The van der Waals surface area contributed by atoms with Gasteiger partial charge in [0.1, 0.15) is 11.9 Å². The summed E-state index contributed by atoms with van der Waals surface area (Å²) in [4.78, 5) is 43.8. The molecule has 1 aromatic heterocycles. The van der Waals surface area contributed by atoms with Crippen LogP contribution in [-0.2, 0) is 11.4 Å². The lowest BCUT2D eigenvalue weighted by molar-refractivity contribution is 0.0860. The summed E-state index contributed by atoms with van der Waals surface area (Å²) in [5.41, 5.74) is -0.398. The van der Waals surface area contributed by atoms with Crippen LogP contribution < -0.4 is 16.0 Å². The highest BCUT2D eigenvalue weighted by Gasteiger charge is 2.13. The van der Waals surface area contributed by atoms with Crippen LogP contribution in [0.1, 0.15) is 36.7 Å². The van der Waals surface area contributed by atoms with E-state index in [0.717, 1.165) is 4.57 Å². The van der Waals surface area contributed by atoms with E-state index in [-0.39, 0.29) is 24.0 Å². The average molecular weight is 359 g/mol. The average Bonchev–Trinajstić information content (AvgIpc) is 2.61. The van der Waals surface area contributed by atoms with E-state index in [0.29, 0.717) is 17.0 Å².